The number of nitrogens with zero attached hydrogens (tertiary/aromatic N) is 2. The number of hydrogen-bond donors (Lipinski definition) is 1. The van der Waals surface area contributed by atoms with Crippen LogP contribution in [0.5, 0.6) is 0 Å². The van der Waals surface area contributed by atoms with Crippen molar-refractivity contribution in [2.24, 2.45) is 5.92 Å². The molecule has 3 amide bonds. The maximum absolute atomic E-state index is 12.7. The predicted octanol–water partition coefficient (Wildman–Crippen LogP) is 2.30. The molecule has 1 unspecified atom stereocenters. The van der Waals surface area contributed by atoms with E-state index in [2.05, 4.69) is 12.2 Å². The zero-order chi connectivity index (χ0) is 14.1. The van der Waals surface area contributed by atoms with E-state index in [1.54, 1.807) is 4.90 Å². The Morgan fingerprint density at radius 1 is 1.35 bits per heavy atom. The fourth-order valence-electron chi connectivity index (χ4n) is 2.94. The van der Waals surface area contributed by atoms with Gasteiger partial charge in [-0.15, -0.1) is 0 Å². The molecule has 2 heterocycles. The van der Waals surface area contributed by atoms with Gasteiger partial charge in [0.05, 0.1) is 11.4 Å². The van der Waals surface area contributed by atoms with Crippen molar-refractivity contribution in [3.05, 3.63) is 24.3 Å². The fourth-order valence-corrected chi connectivity index (χ4v) is 2.94. The molecule has 0 radical (unpaired) electrons. The summed E-state index contributed by atoms with van der Waals surface area (Å²) in [6.45, 7) is 3.82. The Morgan fingerprint density at radius 2 is 2.15 bits per heavy atom. The average Bonchev–Trinajstić information content (AvgIpc) is 2.45. The third kappa shape index (κ3) is 2.35. The van der Waals surface area contributed by atoms with Crippen LogP contribution < -0.4 is 10.2 Å². The SMILES string of the molecule is CC1CCCN(C(=O)N2CC(=O)Nc3ccccc32)C1. The molecule has 2 aliphatic rings. The molecule has 0 bridgehead atoms. The quantitative estimate of drug-likeness (QED) is 0.788. The van der Waals surface area contributed by atoms with Gasteiger partial charge in [0.2, 0.25) is 5.91 Å². The largest absolute Gasteiger partial charge is 0.325 e. The lowest BCUT2D eigenvalue weighted by molar-refractivity contribution is -0.115. The Balaban J connectivity index is 1.86. The van der Waals surface area contributed by atoms with Gasteiger partial charge >= 0.3 is 6.03 Å². The molecule has 3 rings (SSSR count). The number of amides is 3. The van der Waals surface area contributed by atoms with Crippen LogP contribution in [0.25, 0.3) is 0 Å². The molecule has 1 aromatic carbocycles. The van der Waals surface area contributed by atoms with Gasteiger partial charge in [-0.3, -0.25) is 9.69 Å². The van der Waals surface area contributed by atoms with Crippen molar-refractivity contribution in [3.63, 3.8) is 0 Å². The molecule has 1 atom stereocenters. The van der Waals surface area contributed by atoms with Crippen LogP contribution in [-0.4, -0.2) is 36.5 Å². The zero-order valence-electron chi connectivity index (χ0n) is 11.6. The van der Waals surface area contributed by atoms with Gasteiger partial charge in [0, 0.05) is 13.1 Å². The second-order valence-electron chi connectivity index (χ2n) is 5.63. The van der Waals surface area contributed by atoms with Crippen LogP contribution in [-0.2, 0) is 4.79 Å². The van der Waals surface area contributed by atoms with Crippen LogP contribution in [0.2, 0.25) is 0 Å². The number of hydrogen-bond acceptors (Lipinski definition) is 2. The third-order valence-electron chi connectivity index (χ3n) is 3.93. The number of rotatable bonds is 0. The molecule has 106 valence electrons. The number of likely N-dealkylation sites (tertiary alicyclic amines) is 1. The van der Waals surface area contributed by atoms with E-state index in [1.165, 1.54) is 6.42 Å². The monoisotopic (exact) mass is 273 g/mol. The molecule has 1 saturated heterocycles. The first-order chi connectivity index (χ1) is 9.65. The Hall–Kier alpha value is -2.04. The summed E-state index contributed by atoms with van der Waals surface area (Å²) in [5.41, 5.74) is 1.50. The van der Waals surface area contributed by atoms with Gasteiger partial charge in [-0.25, -0.2) is 4.79 Å². The van der Waals surface area contributed by atoms with Crippen molar-refractivity contribution < 1.29 is 9.59 Å². The van der Waals surface area contributed by atoms with Crippen molar-refractivity contribution in [2.45, 2.75) is 19.8 Å². The number of urea groups is 1. The second kappa shape index (κ2) is 5.15. The van der Waals surface area contributed by atoms with E-state index >= 15 is 0 Å². The van der Waals surface area contributed by atoms with Crippen LogP contribution >= 0.6 is 0 Å². The predicted molar refractivity (Wildman–Crippen MR) is 77.8 cm³/mol. The summed E-state index contributed by atoms with van der Waals surface area (Å²) in [4.78, 5) is 27.9. The first-order valence-corrected chi connectivity index (χ1v) is 7.10. The van der Waals surface area contributed by atoms with E-state index in [4.69, 9.17) is 0 Å². The summed E-state index contributed by atoms with van der Waals surface area (Å²) in [7, 11) is 0. The van der Waals surface area contributed by atoms with Gasteiger partial charge in [-0.05, 0) is 30.9 Å². The molecule has 5 heteroatoms. The smallest absolute Gasteiger partial charge is 0.324 e. The highest BCUT2D eigenvalue weighted by Gasteiger charge is 2.31. The minimum absolute atomic E-state index is 0.0566. The lowest BCUT2D eigenvalue weighted by Gasteiger charge is -2.37. The number of benzene rings is 1. The maximum atomic E-state index is 12.7. The minimum atomic E-state index is -0.137. The number of carbonyl (C=O) groups excluding carboxylic acids is 2. The summed E-state index contributed by atoms with van der Waals surface area (Å²) < 4.78 is 0. The fraction of sp³-hybridized carbons (Fsp3) is 0.467. The highest BCUT2D eigenvalue weighted by molar-refractivity contribution is 6.09. The topological polar surface area (TPSA) is 52.7 Å². The van der Waals surface area contributed by atoms with Crippen molar-refractivity contribution in [3.8, 4) is 0 Å². The summed E-state index contributed by atoms with van der Waals surface area (Å²) in [5.74, 6) is 0.392. The minimum Gasteiger partial charge on any atom is -0.324 e. The average molecular weight is 273 g/mol. The zero-order valence-corrected chi connectivity index (χ0v) is 11.6. The van der Waals surface area contributed by atoms with E-state index in [9.17, 15) is 9.59 Å². The number of fused-ring (bicyclic) bond motifs is 1. The van der Waals surface area contributed by atoms with Crippen molar-refractivity contribution >= 4 is 23.3 Å². The van der Waals surface area contributed by atoms with E-state index in [0.717, 1.165) is 25.2 Å². The van der Waals surface area contributed by atoms with Crippen LogP contribution in [0.3, 0.4) is 0 Å². The van der Waals surface area contributed by atoms with Crippen molar-refractivity contribution in [1.29, 1.82) is 0 Å². The molecule has 1 fully saturated rings. The van der Waals surface area contributed by atoms with Crippen LogP contribution in [0.1, 0.15) is 19.8 Å². The van der Waals surface area contributed by atoms with Crippen molar-refractivity contribution in [2.75, 3.05) is 29.9 Å². The van der Waals surface area contributed by atoms with Crippen LogP contribution in [0.4, 0.5) is 16.2 Å². The van der Waals surface area contributed by atoms with Crippen LogP contribution in [0, 0.1) is 5.92 Å². The summed E-state index contributed by atoms with van der Waals surface area (Å²) in [6, 6.07) is 7.38. The number of anilines is 2. The second-order valence-corrected chi connectivity index (χ2v) is 5.63. The van der Waals surface area contributed by atoms with Gasteiger partial charge < -0.3 is 10.2 Å². The first kappa shape index (κ1) is 13.0. The number of piperidine rings is 1. The molecular weight excluding hydrogens is 254 g/mol. The molecule has 2 aliphatic heterocycles. The van der Waals surface area contributed by atoms with E-state index < -0.39 is 0 Å². The molecule has 20 heavy (non-hydrogen) atoms. The van der Waals surface area contributed by atoms with Gasteiger partial charge in [-0.2, -0.15) is 0 Å². The van der Waals surface area contributed by atoms with Gasteiger partial charge in [-0.1, -0.05) is 19.1 Å². The Kier molecular flexibility index (Phi) is 3.34. The Bertz CT molecular complexity index is 544. The van der Waals surface area contributed by atoms with Gasteiger partial charge in [0.1, 0.15) is 6.54 Å². The lowest BCUT2D eigenvalue weighted by atomic mass is 10.0. The Morgan fingerprint density at radius 3 is 2.95 bits per heavy atom. The van der Waals surface area contributed by atoms with E-state index in [-0.39, 0.29) is 18.5 Å². The van der Waals surface area contributed by atoms with Gasteiger partial charge in [0.25, 0.3) is 0 Å². The number of nitrogens with one attached hydrogen (secondary N) is 1. The highest BCUT2D eigenvalue weighted by Crippen LogP contribution is 2.30. The molecule has 5 nitrogen and oxygen atoms in total. The maximum Gasteiger partial charge on any atom is 0.325 e. The molecule has 0 aromatic heterocycles. The highest BCUT2D eigenvalue weighted by atomic mass is 16.2. The molecular formula is C15H19N3O2. The lowest BCUT2D eigenvalue weighted by Crippen LogP contribution is -2.51. The third-order valence-corrected chi connectivity index (χ3v) is 3.93. The van der Waals surface area contributed by atoms with E-state index in [0.29, 0.717) is 11.6 Å². The molecule has 0 spiro atoms. The number of para-hydroxylation sites is 2. The summed E-state index contributed by atoms with van der Waals surface area (Å²) in [6.07, 6.45) is 2.20. The normalized spacial score (nSPS) is 22.2. The van der Waals surface area contributed by atoms with Gasteiger partial charge in [0.15, 0.2) is 0 Å². The summed E-state index contributed by atoms with van der Waals surface area (Å²) in [5, 5.41) is 2.81. The Labute approximate surface area is 118 Å². The van der Waals surface area contributed by atoms with Crippen molar-refractivity contribution in [1.82, 2.24) is 4.90 Å². The van der Waals surface area contributed by atoms with E-state index in [1.807, 2.05) is 29.2 Å². The standard InChI is InChI=1S/C15H19N3O2/c1-11-5-4-8-17(9-11)15(20)18-10-14(19)16-12-6-2-3-7-13(12)18/h2-3,6-7,11H,4-5,8-10H2,1H3,(H,16,19). The molecule has 1 N–H and O–H groups in total. The number of carbonyl (C=O) groups is 2. The first-order valence-electron chi connectivity index (χ1n) is 7.10. The molecule has 0 saturated carbocycles. The van der Waals surface area contributed by atoms with Crippen LogP contribution in [0.15, 0.2) is 24.3 Å². The molecule has 0 aliphatic carbocycles. The summed E-state index contributed by atoms with van der Waals surface area (Å²) >= 11 is 0. The molecule has 1 aromatic rings.